The second kappa shape index (κ2) is 8.56. The molecule has 0 aliphatic rings. The SMILES string of the molecule is CCN(CCC(C)C)Cc1cccn1Cc1cccc(C(F)(F)F)c1. The maximum atomic E-state index is 12.9. The minimum Gasteiger partial charge on any atom is -0.346 e. The van der Waals surface area contributed by atoms with Crippen molar-refractivity contribution in [3.63, 3.8) is 0 Å². The van der Waals surface area contributed by atoms with Crippen LogP contribution in [-0.2, 0) is 19.3 Å². The molecule has 0 saturated carbocycles. The summed E-state index contributed by atoms with van der Waals surface area (Å²) >= 11 is 0. The van der Waals surface area contributed by atoms with Gasteiger partial charge in [-0.2, -0.15) is 13.2 Å². The Morgan fingerprint density at radius 1 is 1.12 bits per heavy atom. The molecular weight excluding hydrogens is 325 g/mol. The summed E-state index contributed by atoms with van der Waals surface area (Å²) in [6, 6.07) is 9.58. The van der Waals surface area contributed by atoms with Crippen molar-refractivity contribution < 1.29 is 13.2 Å². The van der Waals surface area contributed by atoms with Crippen molar-refractivity contribution in [1.82, 2.24) is 9.47 Å². The number of hydrogen-bond donors (Lipinski definition) is 0. The fraction of sp³-hybridized carbons (Fsp3) is 0.500. The van der Waals surface area contributed by atoms with Gasteiger partial charge < -0.3 is 4.57 Å². The summed E-state index contributed by atoms with van der Waals surface area (Å²) in [6.45, 7) is 9.82. The Kier molecular flexibility index (Phi) is 6.71. The van der Waals surface area contributed by atoms with Crippen LogP contribution in [0.25, 0.3) is 0 Å². The molecule has 2 nitrogen and oxygen atoms in total. The Balaban J connectivity index is 2.09. The zero-order chi connectivity index (χ0) is 18.4. The van der Waals surface area contributed by atoms with Crippen LogP contribution in [0.1, 0.15) is 44.0 Å². The summed E-state index contributed by atoms with van der Waals surface area (Å²) in [5.74, 6) is 0.658. The van der Waals surface area contributed by atoms with Crippen LogP contribution < -0.4 is 0 Å². The molecule has 0 radical (unpaired) electrons. The number of benzene rings is 1. The van der Waals surface area contributed by atoms with Crippen LogP contribution >= 0.6 is 0 Å². The van der Waals surface area contributed by atoms with Gasteiger partial charge in [0.05, 0.1) is 5.56 Å². The summed E-state index contributed by atoms with van der Waals surface area (Å²) in [7, 11) is 0. The van der Waals surface area contributed by atoms with E-state index in [-0.39, 0.29) is 0 Å². The predicted molar refractivity (Wildman–Crippen MR) is 95.4 cm³/mol. The third kappa shape index (κ3) is 5.92. The van der Waals surface area contributed by atoms with Crippen LogP contribution in [0.4, 0.5) is 13.2 Å². The zero-order valence-electron chi connectivity index (χ0n) is 15.2. The molecule has 2 aromatic rings. The summed E-state index contributed by atoms with van der Waals surface area (Å²) < 4.78 is 40.7. The second-order valence-corrected chi connectivity index (χ2v) is 6.88. The van der Waals surface area contributed by atoms with Crippen molar-refractivity contribution in [1.29, 1.82) is 0 Å². The molecule has 0 aliphatic heterocycles. The smallest absolute Gasteiger partial charge is 0.346 e. The van der Waals surface area contributed by atoms with E-state index in [9.17, 15) is 13.2 Å². The molecular formula is C20H27F3N2. The first-order valence-electron chi connectivity index (χ1n) is 8.82. The third-order valence-corrected chi connectivity index (χ3v) is 4.39. The fourth-order valence-corrected chi connectivity index (χ4v) is 2.81. The van der Waals surface area contributed by atoms with Crippen LogP contribution in [0.5, 0.6) is 0 Å². The largest absolute Gasteiger partial charge is 0.416 e. The number of rotatable bonds is 8. The zero-order valence-corrected chi connectivity index (χ0v) is 15.2. The molecule has 0 aliphatic carbocycles. The number of hydrogen-bond acceptors (Lipinski definition) is 1. The van der Waals surface area contributed by atoms with E-state index in [1.807, 2.05) is 22.9 Å². The quantitative estimate of drug-likeness (QED) is 0.615. The lowest BCUT2D eigenvalue weighted by Crippen LogP contribution is -2.26. The molecule has 0 atom stereocenters. The van der Waals surface area contributed by atoms with Gasteiger partial charge in [-0.15, -0.1) is 0 Å². The molecule has 0 N–H and O–H groups in total. The van der Waals surface area contributed by atoms with Gasteiger partial charge in [0, 0.05) is 25.0 Å². The van der Waals surface area contributed by atoms with E-state index in [0.717, 1.165) is 37.8 Å². The van der Waals surface area contributed by atoms with Crippen molar-refractivity contribution in [3.8, 4) is 0 Å². The monoisotopic (exact) mass is 352 g/mol. The van der Waals surface area contributed by atoms with E-state index in [1.54, 1.807) is 6.07 Å². The molecule has 138 valence electrons. The molecule has 1 aromatic heterocycles. The van der Waals surface area contributed by atoms with Gasteiger partial charge in [-0.25, -0.2) is 0 Å². The van der Waals surface area contributed by atoms with Gasteiger partial charge >= 0.3 is 6.18 Å². The maximum absolute atomic E-state index is 12.9. The van der Waals surface area contributed by atoms with Crippen LogP contribution in [0, 0.1) is 5.92 Å². The molecule has 0 saturated heterocycles. The first kappa shape index (κ1) is 19.6. The average Bonchev–Trinajstić information content (AvgIpc) is 2.97. The molecule has 25 heavy (non-hydrogen) atoms. The highest BCUT2D eigenvalue weighted by molar-refractivity contribution is 5.26. The lowest BCUT2D eigenvalue weighted by Gasteiger charge is -2.22. The molecule has 0 amide bonds. The van der Waals surface area contributed by atoms with Crippen molar-refractivity contribution in [2.75, 3.05) is 13.1 Å². The Morgan fingerprint density at radius 2 is 1.88 bits per heavy atom. The topological polar surface area (TPSA) is 8.17 Å². The molecule has 0 bridgehead atoms. The Hall–Kier alpha value is -1.75. The number of halogens is 3. The summed E-state index contributed by atoms with van der Waals surface area (Å²) in [5.41, 5.74) is 1.20. The highest BCUT2D eigenvalue weighted by Crippen LogP contribution is 2.29. The van der Waals surface area contributed by atoms with Gasteiger partial charge in [-0.1, -0.05) is 32.9 Å². The molecule has 0 unspecified atom stereocenters. The van der Waals surface area contributed by atoms with Crippen molar-refractivity contribution in [2.24, 2.45) is 5.92 Å². The van der Waals surface area contributed by atoms with E-state index in [0.29, 0.717) is 18.0 Å². The summed E-state index contributed by atoms with van der Waals surface area (Å²) in [6.07, 6.45) is -1.22. The van der Waals surface area contributed by atoms with Crippen LogP contribution in [0.2, 0.25) is 0 Å². The van der Waals surface area contributed by atoms with Crippen LogP contribution in [0.15, 0.2) is 42.6 Å². The Labute approximate surface area is 148 Å². The molecule has 2 rings (SSSR count). The lowest BCUT2D eigenvalue weighted by molar-refractivity contribution is -0.137. The predicted octanol–water partition coefficient (Wildman–Crippen LogP) is 5.42. The van der Waals surface area contributed by atoms with Gasteiger partial charge in [0.1, 0.15) is 0 Å². The van der Waals surface area contributed by atoms with Gasteiger partial charge in [0.15, 0.2) is 0 Å². The van der Waals surface area contributed by atoms with Crippen LogP contribution in [-0.4, -0.2) is 22.6 Å². The molecule has 0 spiro atoms. The molecule has 1 heterocycles. The normalized spacial score (nSPS) is 12.3. The second-order valence-electron chi connectivity index (χ2n) is 6.88. The van der Waals surface area contributed by atoms with Gasteiger partial charge in [-0.05, 0) is 55.3 Å². The molecule has 0 fully saturated rings. The van der Waals surface area contributed by atoms with Gasteiger partial charge in [-0.3, -0.25) is 4.90 Å². The highest BCUT2D eigenvalue weighted by Gasteiger charge is 2.30. The third-order valence-electron chi connectivity index (χ3n) is 4.39. The number of aromatic nitrogens is 1. The van der Waals surface area contributed by atoms with Crippen molar-refractivity contribution in [2.45, 2.75) is 46.5 Å². The Bertz CT molecular complexity index is 659. The fourth-order valence-electron chi connectivity index (χ4n) is 2.81. The van der Waals surface area contributed by atoms with E-state index >= 15 is 0 Å². The van der Waals surface area contributed by atoms with Crippen LogP contribution in [0.3, 0.4) is 0 Å². The lowest BCUT2D eigenvalue weighted by atomic mass is 10.1. The Morgan fingerprint density at radius 3 is 2.52 bits per heavy atom. The van der Waals surface area contributed by atoms with E-state index in [2.05, 4.69) is 25.7 Å². The van der Waals surface area contributed by atoms with E-state index in [4.69, 9.17) is 0 Å². The number of nitrogens with zero attached hydrogens (tertiary/aromatic N) is 2. The van der Waals surface area contributed by atoms with Crippen molar-refractivity contribution in [3.05, 3.63) is 59.4 Å². The first-order valence-corrected chi connectivity index (χ1v) is 8.82. The van der Waals surface area contributed by atoms with Crippen molar-refractivity contribution >= 4 is 0 Å². The first-order chi connectivity index (χ1) is 11.8. The summed E-state index contributed by atoms with van der Waals surface area (Å²) in [5, 5.41) is 0. The summed E-state index contributed by atoms with van der Waals surface area (Å²) in [4.78, 5) is 2.37. The van der Waals surface area contributed by atoms with E-state index in [1.165, 1.54) is 12.1 Å². The van der Waals surface area contributed by atoms with Gasteiger partial charge in [0.25, 0.3) is 0 Å². The highest BCUT2D eigenvalue weighted by atomic mass is 19.4. The molecule has 1 aromatic carbocycles. The average molecular weight is 352 g/mol. The maximum Gasteiger partial charge on any atom is 0.416 e. The standard InChI is InChI=1S/C20H27F3N2/c1-4-24(12-10-16(2)3)15-19-9-6-11-25(19)14-17-7-5-8-18(13-17)20(21,22)23/h5-9,11,13,16H,4,10,12,14-15H2,1-3H3. The van der Waals surface area contributed by atoms with E-state index < -0.39 is 11.7 Å². The minimum absolute atomic E-state index is 0.452. The van der Waals surface area contributed by atoms with Gasteiger partial charge in [0.2, 0.25) is 0 Å². The number of alkyl halides is 3. The minimum atomic E-state index is -4.30. The molecule has 5 heteroatoms.